The average Bonchev–Trinajstić information content (AvgIpc) is 2.98. The van der Waals surface area contributed by atoms with Crippen molar-refractivity contribution in [3.8, 4) is 5.75 Å². The van der Waals surface area contributed by atoms with Gasteiger partial charge in [-0.15, -0.1) is 0 Å². The predicted octanol–water partition coefficient (Wildman–Crippen LogP) is 4.72. The molecule has 8 heteroatoms. The van der Waals surface area contributed by atoms with E-state index in [1.807, 2.05) is 24.6 Å². The van der Waals surface area contributed by atoms with E-state index < -0.39 is 5.82 Å². The number of nitrogens with zero attached hydrogens (tertiary/aromatic N) is 3. The molecule has 1 aromatic carbocycles. The number of aliphatic imine (C=N–C) groups is 1. The lowest BCUT2D eigenvalue weighted by atomic mass is 10.0. The summed E-state index contributed by atoms with van der Waals surface area (Å²) in [6.45, 7) is 9.15. The number of rotatable bonds is 8. The van der Waals surface area contributed by atoms with Crippen LogP contribution in [0.1, 0.15) is 36.5 Å². The fourth-order valence-corrected chi connectivity index (χ4v) is 2.90. The number of aromatic nitrogens is 2. The molecular weight excluding hydrogens is 399 g/mol. The first-order chi connectivity index (χ1) is 13.3. The highest BCUT2D eigenvalue weighted by atomic mass is 35.5. The Labute approximate surface area is 175 Å². The van der Waals surface area contributed by atoms with Crippen LogP contribution in [0.15, 0.2) is 30.0 Å². The van der Waals surface area contributed by atoms with Crippen molar-refractivity contribution in [2.24, 2.45) is 10.7 Å². The molecular formula is C20H24ClFN4OS. The third kappa shape index (κ3) is 5.39. The monoisotopic (exact) mass is 422 g/mol. The zero-order valence-corrected chi connectivity index (χ0v) is 17.8. The van der Waals surface area contributed by atoms with Crippen LogP contribution in [-0.2, 0) is 6.42 Å². The summed E-state index contributed by atoms with van der Waals surface area (Å²) in [7, 11) is 0. The molecule has 28 heavy (non-hydrogen) atoms. The van der Waals surface area contributed by atoms with Crippen LogP contribution >= 0.6 is 24.2 Å². The van der Waals surface area contributed by atoms with Crippen LogP contribution in [0, 0.1) is 12.7 Å². The second kappa shape index (κ2) is 9.80. The normalized spacial score (nSPS) is 13.1. The maximum Gasteiger partial charge on any atom is 0.152 e. The van der Waals surface area contributed by atoms with Crippen molar-refractivity contribution in [3.63, 3.8) is 0 Å². The Bertz CT molecular complexity index is 919. The summed E-state index contributed by atoms with van der Waals surface area (Å²) in [5.74, 6) is 1.49. The molecule has 2 aromatic rings. The summed E-state index contributed by atoms with van der Waals surface area (Å²) < 4.78 is 22.3. The fraction of sp³-hybridized carbons (Fsp3) is 0.300. The molecule has 0 amide bonds. The Morgan fingerprint density at radius 3 is 2.89 bits per heavy atom. The van der Waals surface area contributed by atoms with Gasteiger partial charge in [0.1, 0.15) is 17.7 Å². The van der Waals surface area contributed by atoms with Crippen molar-refractivity contribution in [2.75, 3.05) is 5.75 Å². The Morgan fingerprint density at radius 1 is 1.57 bits per heavy atom. The van der Waals surface area contributed by atoms with E-state index >= 15 is 0 Å². The fourth-order valence-electron chi connectivity index (χ4n) is 2.59. The van der Waals surface area contributed by atoms with Gasteiger partial charge < -0.3 is 15.0 Å². The van der Waals surface area contributed by atoms with Gasteiger partial charge in [0.05, 0.1) is 22.1 Å². The quantitative estimate of drug-likeness (QED) is 0.367. The van der Waals surface area contributed by atoms with Gasteiger partial charge in [-0.25, -0.2) is 14.4 Å². The van der Waals surface area contributed by atoms with Crippen molar-refractivity contribution >= 4 is 42.3 Å². The molecule has 0 saturated heterocycles. The Kier molecular flexibility index (Phi) is 7.71. The van der Waals surface area contributed by atoms with E-state index in [1.165, 1.54) is 6.08 Å². The minimum absolute atomic E-state index is 0.00417. The number of hydrogen-bond donors (Lipinski definition) is 2. The van der Waals surface area contributed by atoms with Gasteiger partial charge in [0, 0.05) is 36.3 Å². The van der Waals surface area contributed by atoms with E-state index in [9.17, 15) is 4.39 Å². The number of amidine groups is 1. The summed E-state index contributed by atoms with van der Waals surface area (Å²) >= 11 is 10.3. The van der Waals surface area contributed by atoms with Gasteiger partial charge in [-0.2, -0.15) is 12.6 Å². The van der Waals surface area contributed by atoms with E-state index in [1.54, 1.807) is 25.4 Å². The predicted molar refractivity (Wildman–Crippen MR) is 118 cm³/mol. The third-order valence-electron chi connectivity index (χ3n) is 3.85. The molecule has 0 saturated carbocycles. The molecule has 0 aliphatic carbocycles. The molecule has 1 unspecified atom stereocenters. The van der Waals surface area contributed by atoms with Gasteiger partial charge >= 0.3 is 0 Å². The molecule has 1 atom stereocenters. The van der Waals surface area contributed by atoms with Gasteiger partial charge in [-0.05, 0) is 26.8 Å². The van der Waals surface area contributed by atoms with Crippen LogP contribution in [-0.4, -0.2) is 27.2 Å². The summed E-state index contributed by atoms with van der Waals surface area (Å²) in [6.07, 6.45) is 6.77. The van der Waals surface area contributed by atoms with Gasteiger partial charge in [-0.1, -0.05) is 24.3 Å². The Balaban J connectivity index is 2.51. The maximum absolute atomic E-state index is 14.5. The minimum atomic E-state index is -0.561. The highest BCUT2D eigenvalue weighted by molar-refractivity contribution is 7.80. The molecule has 0 fully saturated rings. The van der Waals surface area contributed by atoms with Crippen molar-refractivity contribution in [1.82, 2.24) is 9.55 Å². The topological polar surface area (TPSA) is 65.4 Å². The zero-order valence-electron chi connectivity index (χ0n) is 16.1. The number of thiol groups is 1. The lowest BCUT2D eigenvalue weighted by Crippen LogP contribution is -2.16. The first kappa shape index (κ1) is 22.0. The number of imidazole rings is 1. The molecule has 150 valence electrons. The SMILES string of the molecule is C=Cc1c(F)c(Cl)cc(Cc2nc(C)cn2/C=C\N=C(C)N)c1OC(C)CS. The number of nitrogens with two attached hydrogens (primary N) is 1. The van der Waals surface area contributed by atoms with Crippen LogP contribution in [0.25, 0.3) is 12.3 Å². The zero-order chi connectivity index (χ0) is 20.8. The van der Waals surface area contributed by atoms with E-state index in [4.69, 9.17) is 22.1 Å². The molecule has 2 N–H and O–H groups in total. The highest BCUT2D eigenvalue weighted by Crippen LogP contribution is 2.35. The first-order valence-electron chi connectivity index (χ1n) is 8.68. The molecule has 1 aromatic heterocycles. The second-order valence-electron chi connectivity index (χ2n) is 6.34. The largest absolute Gasteiger partial charge is 0.489 e. The summed E-state index contributed by atoms with van der Waals surface area (Å²) in [5.41, 5.74) is 7.32. The molecule has 0 aliphatic heterocycles. The van der Waals surface area contributed by atoms with Crippen LogP contribution < -0.4 is 10.5 Å². The van der Waals surface area contributed by atoms with Crippen LogP contribution in [0.2, 0.25) is 5.02 Å². The molecule has 2 rings (SSSR count). The van der Waals surface area contributed by atoms with Gasteiger partial charge in [0.25, 0.3) is 0 Å². The maximum atomic E-state index is 14.5. The standard InChI is InChI=1S/C20H24ClFN4OS/c1-5-16-19(22)17(21)8-15(20(16)27-13(3)11-28)9-18-25-12(2)10-26(18)7-6-24-14(4)23/h5-8,10,13,28H,1,9,11H2,2-4H3,(H2,23,24)/b7-6-. The molecule has 0 bridgehead atoms. The molecule has 0 radical (unpaired) electrons. The van der Waals surface area contributed by atoms with E-state index in [0.29, 0.717) is 29.3 Å². The third-order valence-corrected chi connectivity index (χ3v) is 4.64. The van der Waals surface area contributed by atoms with Gasteiger partial charge in [0.2, 0.25) is 0 Å². The van der Waals surface area contributed by atoms with Gasteiger partial charge in [0.15, 0.2) is 5.82 Å². The Hall–Kier alpha value is -2.25. The summed E-state index contributed by atoms with van der Waals surface area (Å²) in [5, 5.41) is 0.00417. The second-order valence-corrected chi connectivity index (χ2v) is 7.11. The number of ether oxygens (including phenoxy) is 1. The van der Waals surface area contributed by atoms with Gasteiger partial charge in [-0.3, -0.25) is 0 Å². The van der Waals surface area contributed by atoms with E-state index in [2.05, 4.69) is 29.2 Å². The number of hydrogen-bond acceptors (Lipinski definition) is 4. The number of halogens is 2. The van der Waals surface area contributed by atoms with Crippen molar-refractivity contribution in [3.05, 3.63) is 58.5 Å². The van der Waals surface area contributed by atoms with Crippen LogP contribution in [0.5, 0.6) is 5.75 Å². The Morgan fingerprint density at radius 2 is 2.29 bits per heavy atom. The lowest BCUT2D eigenvalue weighted by molar-refractivity contribution is 0.243. The average molecular weight is 423 g/mol. The summed E-state index contributed by atoms with van der Waals surface area (Å²) in [4.78, 5) is 8.60. The smallest absolute Gasteiger partial charge is 0.152 e. The molecule has 0 spiro atoms. The number of benzene rings is 1. The lowest BCUT2D eigenvalue weighted by Gasteiger charge is -2.19. The first-order valence-corrected chi connectivity index (χ1v) is 9.69. The van der Waals surface area contributed by atoms with Crippen molar-refractivity contribution < 1.29 is 9.13 Å². The minimum Gasteiger partial charge on any atom is -0.489 e. The van der Waals surface area contributed by atoms with Crippen molar-refractivity contribution in [2.45, 2.75) is 33.3 Å². The summed E-state index contributed by atoms with van der Waals surface area (Å²) in [6, 6.07) is 1.56. The highest BCUT2D eigenvalue weighted by Gasteiger charge is 2.20. The number of aryl methyl sites for hydroxylation is 1. The van der Waals surface area contributed by atoms with Crippen molar-refractivity contribution in [1.29, 1.82) is 0 Å². The molecule has 1 heterocycles. The van der Waals surface area contributed by atoms with Crippen LogP contribution in [0.4, 0.5) is 4.39 Å². The van der Waals surface area contributed by atoms with E-state index in [-0.39, 0.29) is 16.7 Å². The molecule has 5 nitrogen and oxygen atoms in total. The van der Waals surface area contributed by atoms with Crippen LogP contribution in [0.3, 0.4) is 0 Å². The molecule has 0 aliphatic rings. The van der Waals surface area contributed by atoms with E-state index in [0.717, 1.165) is 11.5 Å².